The van der Waals surface area contributed by atoms with Gasteiger partial charge in [-0.3, -0.25) is 4.79 Å². The first kappa shape index (κ1) is 12.4. The van der Waals surface area contributed by atoms with Crippen molar-refractivity contribution in [2.75, 3.05) is 18.5 Å². The number of halogens is 1. The summed E-state index contributed by atoms with van der Waals surface area (Å²) in [5.74, 6) is -2.44. The second-order valence-corrected chi connectivity index (χ2v) is 5.08. The Bertz CT molecular complexity index is 513. The van der Waals surface area contributed by atoms with Crippen LogP contribution in [0.15, 0.2) is 23.1 Å². The zero-order valence-corrected chi connectivity index (χ0v) is 9.34. The van der Waals surface area contributed by atoms with E-state index in [1.165, 1.54) is 13.1 Å². The van der Waals surface area contributed by atoms with Crippen molar-refractivity contribution in [3.8, 4) is 0 Å². The molecule has 88 valence electrons. The fourth-order valence-electron chi connectivity index (χ4n) is 1.09. The second-order valence-electron chi connectivity index (χ2n) is 3.12. The molecule has 7 heteroatoms. The van der Waals surface area contributed by atoms with Gasteiger partial charge >= 0.3 is 0 Å². The number of hydrogen-bond acceptors (Lipinski definition) is 4. The Labute approximate surface area is 92.4 Å². The second kappa shape index (κ2) is 4.48. The first-order valence-corrected chi connectivity index (χ1v) is 6.00. The summed E-state index contributed by atoms with van der Waals surface area (Å²) >= 11 is 0. The Morgan fingerprint density at radius 3 is 2.62 bits per heavy atom. The van der Waals surface area contributed by atoms with Crippen LogP contribution in [0.3, 0.4) is 0 Å². The number of anilines is 1. The number of rotatable bonds is 3. The number of amides is 1. The highest BCUT2D eigenvalue weighted by Crippen LogP contribution is 2.18. The average Bonchev–Trinajstić information content (AvgIpc) is 2.16. The van der Waals surface area contributed by atoms with E-state index in [4.69, 9.17) is 5.73 Å². The van der Waals surface area contributed by atoms with E-state index in [9.17, 15) is 17.6 Å². The van der Waals surface area contributed by atoms with Gasteiger partial charge in [-0.1, -0.05) is 0 Å². The summed E-state index contributed by atoms with van der Waals surface area (Å²) in [4.78, 5) is 10.4. The van der Waals surface area contributed by atoms with Crippen LogP contribution in [-0.2, 0) is 14.6 Å². The SMILES string of the molecule is CNC(=O)CS(=O)(=O)c1ccc(N)cc1F. The lowest BCUT2D eigenvalue weighted by Crippen LogP contribution is -2.27. The van der Waals surface area contributed by atoms with Gasteiger partial charge in [0.1, 0.15) is 16.5 Å². The molecule has 1 amide bonds. The van der Waals surface area contributed by atoms with E-state index < -0.39 is 32.2 Å². The maximum atomic E-state index is 13.3. The van der Waals surface area contributed by atoms with Gasteiger partial charge in [0.25, 0.3) is 0 Å². The minimum Gasteiger partial charge on any atom is -0.399 e. The number of carbonyl (C=O) groups is 1. The van der Waals surface area contributed by atoms with E-state index in [0.717, 1.165) is 12.1 Å². The van der Waals surface area contributed by atoms with Crippen molar-refractivity contribution >= 4 is 21.4 Å². The Hall–Kier alpha value is -1.63. The molecule has 0 unspecified atom stereocenters. The zero-order valence-electron chi connectivity index (χ0n) is 8.53. The van der Waals surface area contributed by atoms with Crippen molar-refractivity contribution < 1.29 is 17.6 Å². The van der Waals surface area contributed by atoms with Gasteiger partial charge in [0, 0.05) is 12.7 Å². The molecule has 3 N–H and O–H groups in total. The third-order valence-electron chi connectivity index (χ3n) is 1.89. The Kier molecular flexibility index (Phi) is 3.48. The summed E-state index contributed by atoms with van der Waals surface area (Å²) in [6, 6.07) is 3.21. The fraction of sp³-hybridized carbons (Fsp3) is 0.222. The van der Waals surface area contributed by atoms with Crippen LogP contribution >= 0.6 is 0 Å². The van der Waals surface area contributed by atoms with E-state index in [2.05, 4.69) is 5.32 Å². The third kappa shape index (κ3) is 2.69. The number of nitrogens with two attached hydrogens (primary N) is 1. The van der Waals surface area contributed by atoms with Crippen molar-refractivity contribution in [1.29, 1.82) is 0 Å². The normalized spacial score (nSPS) is 11.1. The maximum Gasteiger partial charge on any atom is 0.235 e. The lowest BCUT2D eigenvalue weighted by Gasteiger charge is -2.05. The highest BCUT2D eigenvalue weighted by molar-refractivity contribution is 7.92. The highest BCUT2D eigenvalue weighted by atomic mass is 32.2. The van der Waals surface area contributed by atoms with Crippen molar-refractivity contribution in [2.24, 2.45) is 0 Å². The monoisotopic (exact) mass is 246 g/mol. The molecule has 1 rings (SSSR count). The third-order valence-corrected chi connectivity index (χ3v) is 3.53. The molecule has 0 bridgehead atoms. The molecule has 16 heavy (non-hydrogen) atoms. The Morgan fingerprint density at radius 2 is 2.12 bits per heavy atom. The van der Waals surface area contributed by atoms with Gasteiger partial charge in [0.2, 0.25) is 5.91 Å². The van der Waals surface area contributed by atoms with Gasteiger partial charge < -0.3 is 11.1 Å². The minimum absolute atomic E-state index is 0.122. The number of carbonyl (C=O) groups excluding carboxylic acids is 1. The van der Waals surface area contributed by atoms with E-state index in [0.29, 0.717) is 0 Å². The molecule has 0 radical (unpaired) electrons. The molecule has 0 saturated carbocycles. The first-order chi connectivity index (χ1) is 7.36. The zero-order chi connectivity index (χ0) is 12.3. The molecule has 5 nitrogen and oxygen atoms in total. The molecule has 0 fully saturated rings. The van der Waals surface area contributed by atoms with E-state index in [1.807, 2.05) is 0 Å². The lowest BCUT2D eigenvalue weighted by molar-refractivity contribution is -0.118. The Morgan fingerprint density at radius 1 is 1.50 bits per heavy atom. The largest absolute Gasteiger partial charge is 0.399 e. The smallest absolute Gasteiger partial charge is 0.235 e. The van der Waals surface area contributed by atoms with Gasteiger partial charge in [-0.05, 0) is 18.2 Å². The quantitative estimate of drug-likeness (QED) is 0.730. The first-order valence-electron chi connectivity index (χ1n) is 4.35. The molecule has 0 atom stereocenters. The van der Waals surface area contributed by atoms with Crippen molar-refractivity contribution in [3.05, 3.63) is 24.0 Å². The van der Waals surface area contributed by atoms with Crippen LogP contribution in [0.2, 0.25) is 0 Å². The summed E-state index contributed by atoms with van der Waals surface area (Å²) in [5.41, 5.74) is 5.41. The van der Waals surface area contributed by atoms with Crippen LogP contribution in [0, 0.1) is 5.82 Å². The van der Waals surface area contributed by atoms with Gasteiger partial charge in [-0.15, -0.1) is 0 Å². The highest BCUT2D eigenvalue weighted by Gasteiger charge is 2.22. The van der Waals surface area contributed by atoms with E-state index in [1.54, 1.807) is 0 Å². The van der Waals surface area contributed by atoms with Crippen molar-refractivity contribution in [2.45, 2.75) is 4.90 Å². The molecule has 1 aromatic carbocycles. The van der Waals surface area contributed by atoms with Gasteiger partial charge in [-0.2, -0.15) is 0 Å². The fourth-order valence-corrected chi connectivity index (χ4v) is 2.37. The van der Waals surface area contributed by atoms with Crippen molar-refractivity contribution in [1.82, 2.24) is 5.32 Å². The molecule has 0 spiro atoms. The molecular formula is C9H11FN2O3S. The van der Waals surface area contributed by atoms with Crippen LogP contribution in [0.25, 0.3) is 0 Å². The summed E-state index contributed by atoms with van der Waals surface area (Å²) in [5, 5.41) is 2.16. The topological polar surface area (TPSA) is 89.3 Å². The number of sulfone groups is 1. The number of hydrogen-bond donors (Lipinski definition) is 2. The van der Waals surface area contributed by atoms with Crippen molar-refractivity contribution in [3.63, 3.8) is 0 Å². The summed E-state index contributed by atoms with van der Waals surface area (Å²) in [6.45, 7) is 0. The number of nitrogen functional groups attached to an aromatic ring is 1. The Balaban J connectivity index is 3.13. The molecule has 0 aliphatic heterocycles. The summed E-state index contributed by atoms with van der Waals surface area (Å²) < 4.78 is 36.5. The average molecular weight is 246 g/mol. The standard InChI is InChI=1S/C9H11FN2O3S/c1-12-9(13)5-16(14,15)8-3-2-6(11)4-7(8)10/h2-4H,5,11H2,1H3,(H,12,13). The molecule has 0 aliphatic rings. The minimum atomic E-state index is -3.96. The van der Waals surface area contributed by atoms with Crippen LogP contribution in [0.5, 0.6) is 0 Å². The number of benzene rings is 1. The maximum absolute atomic E-state index is 13.3. The van der Waals surface area contributed by atoms with Gasteiger partial charge in [0.15, 0.2) is 9.84 Å². The molecule has 0 aliphatic carbocycles. The number of nitrogens with one attached hydrogen (secondary N) is 1. The van der Waals surface area contributed by atoms with Crippen LogP contribution < -0.4 is 11.1 Å². The van der Waals surface area contributed by atoms with Crippen LogP contribution in [0.1, 0.15) is 0 Å². The molecule has 1 aromatic rings. The molecular weight excluding hydrogens is 235 g/mol. The van der Waals surface area contributed by atoms with Gasteiger partial charge in [0.05, 0.1) is 0 Å². The molecule has 0 heterocycles. The van der Waals surface area contributed by atoms with E-state index in [-0.39, 0.29) is 5.69 Å². The molecule has 0 saturated heterocycles. The predicted molar refractivity (Wildman–Crippen MR) is 56.9 cm³/mol. The van der Waals surface area contributed by atoms with Crippen LogP contribution in [0.4, 0.5) is 10.1 Å². The van der Waals surface area contributed by atoms with Gasteiger partial charge in [-0.25, -0.2) is 12.8 Å². The van der Waals surface area contributed by atoms with E-state index >= 15 is 0 Å². The molecule has 0 aromatic heterocycles. The predicted octanol–water partition coefficient (Wildman–Crippen LogP) is -0.0724. The van der Waals surface area contributed by atoms with Crippen LogP contribution in [-0.4, -0.2) is 27.1 Å². The lowest BCUT2D eigenvalue weighted by atomic mass is 10.3. The summed E-state index contributed by atoms with van der Waals surface area (Å²) in [7, 11) is -2.66. The summed E-state index contributed by atoms with van der Waals surface area (Å²) in [6.07, 6.45) is 0.